The number of fused-ring (bicyclic) bond motifs is 1. The molecule has 1 saturated heterocycles. The number of nitrogens with one attached hydrogen (secondary N) is 2. The van der Waals surface area contributed by atoms with Gasteiger partial charge in [0.05, 0.1) is 24.5 Å². The van der Waals surface area contributed by atoms with Gasteiger partial charge in [0.15, 0.2) is 5.13 Å². The van der Waals surface area contributed by atoms with Gasteiger partial charge in [0.1, 0.15) is 10.3 Å². The Bertz CT molecular complexity index is 1500. The van der Waals surface area contributed by atoms with E-state index in [0.717, 1.165) is 31.2 Å². The van der Waals surface area contributed by atoms with Crippen molar-refractivity contribution in [2.24, 2.45) is 5.92 Å². The van der Waals surface area contributed by atoms with Gasteiger partial charge in [0.25, 0.3) is 0 Å². The zero-order chi connectivity index (χ0) is 29.7. The maximum atomic E-state index is 13.6. The van der Waals surface area contributed by atoms with E-state index >= 15 is 0 Å². The number of hydrogen-bond acceptors (Lipinski definition) is 9. The van der Waals surface area contributed by atoms with Gasteiger partial charge in [-0.25, -0.2) is 27.9 Å². The third-order valence-electron chi connectivity index (χ3n) is 7.97. The normalized spacial score (nSPS) is 17.3. The average molecular weight is 616 g/mol. The van der Waals surface area contributed by atoms with Gasteiger partial charge in [0, 0.05) is 25.2 Å². The highest BCUT2D eigenvalue weighted by atomic mass is 32.2. The molecule has 1 atom stereocenters. The fraction of sp³-hybridized carbons (Fsp3) is 0.517. The molecule has 2 N–H and O–H groups in total. The lowest BCUT2D eigenvalue weighted by atomic mass is 9.87. The molecule has 2 aliphatic rings. The van der Waals surface area contributed by atoms with Crippen LogP contribution in [0.5, 0.6) is 5.88 Å². The monoisotopic (exact) mass is 615 g/mol. The number of carbonyl (C=O) groups is 2. The first kappa shape index (κ1) is 30.2. The predicted molar refractivity (Wildman–Crippen MR) is 160 cm³/mol. The minimum absolute atomic E-state index is 0.144. The number of aromatic nitrogens is 2. The van der Waals surface area contributed by atoms with Crippen molar-refractivity contribution in [3.05, 3.63) is 42.0 Å². The number of amides is 2. The fourth-order valence-electron chi connectivity index (χ4n) is 5.70. The van der Waals surface area contributed by atoms with Gasteiger partial charge in [-0.1, -0.05) is 49.2 Å². The van der Waals surface area contributed by atoms with Crippen molar-refractivity contribution in [3.63, 3.8) is 0 Å². The molecule has 1 saturated carbocycles. The van der Waals surface area contributed by atoms with Crippen LogP contribution in [0.2, 0.25) is 0 Å². The quantitative estimate of drug-likeness (QED) is 0.328. The summed E-state index contributed by atoms with van der Waals surface area (Å²) in [6.07, 6.45) is 5.82. The molecule has 5 rings (SSSR count). The van der Waals surface area contributed by atoms with E-state index in [2.05, 4.69) is 20.0 Å². The first-order chi connectivity index (χ1) is 20.3. The molecule has 1 aromatic carbocycles. The van der Waals surface area contributed by atoms with Crippen molar-refractivity contribution in [3.8, 4) is 5.88 Å². The molecule has 3 heterocycles. The summed E-state index contributed by atoms with van der Waals surface area (Å²) < 4.78 is 39.3. The number of ether oxygens (including phenoxy) is 2. The molecular formula is C29H37N5O6S2. The van der Waals surface area contributed by atoms with E-state index in [-0.39, 0.29) is 22.9 Å². The van der Waals surface area contributed by atoms with E-state index in [0.29, 0.717) is 66.2 Å². The Balaban J connectivity index is 1.27. The van der Waals surface area contributed by atoms with E-state index in [4.69, 9.17) is 9.47 Å². The zero-order valence-corrected chi connectivity index (χ0v) is 25.5. The molecule has 42 heavy (non-hydrogen) atoms. The van der Waals surface area contributed by atoms with E-state index < -0.39 is 15.9 Å². The molecule has 226 valence electrons. The second kappa shape index (κ2) is 13.3. The molecule has 3 aromatic rings. The molecule has 1 aliphatic heterocycles. The lowest BCUT2D eigenvalue weighted by Crippen LogP contribution is -2.46. The van der Waals surface area contributed by atoms with Crippen LogP contribution >= 0.6 is 11.3 Å². The number of anilines is 1. The number of sulfonamides is 1. The van der Waals surface area contributed by atoms with Crippen LogP contribution in [0.1, 0.15) is 63.4 Å². The summed E-state index contributed by atoms with van der Waals surface area (Å²) in [7, 11) is -2.22. The smallest absolute Gasteiger partial charge is 0.409 e. The number of likely N-dealkylation sites (tertiary alicyclic amines) is 1. The lowest BCUT2D eigenvalue weighted by Gasteiger charge is -2.31. The van der Waals surface area contributed by atoms with Crippen molar-refractivity contribution in [2.45, 2.75) is 68.7 Å². The van der Waals surface area contributed by atoms with Crippen LogP contribution in [0.15, 0.2) is 41.3 Å². The summed E-state index contributed by atoms with van der Waals surface area (Å²) in [6, 6.07) is 9.87. The summed E-state index contributed by atoms with van der Waals surface area (Å²) >= 11 is 1.29. The maximum absolute atomic E-state index is 13.6. The molecule has 0 bridgehead atoms. The van der Waals surface area contributed by atoms with Gasteiger partial charge in [-0.05, 0) is 55.9 Å². The summed E-state index contributed by atoms with van der Waals surface area (Å²) in [4.78, 5) is 36.9. The van der Waals surface area contributed by atoms with Crippen molar-refractivity contribution < 1.29 is 27.5 Å². The molecule has 1 unspecified atom stereocenters. The highest BCUT2D eigenvalue weighted by molar-refractivity contribution is 7.89. The van der Waals surface area contributed by atoms with E-state index in [9.17, 15) is 18.0 Å². The number of nitrogens with zero attached hydrogens (tertiary/aromatic N) is 3. The van der Waals surface area contributed by atoms with Gasteiger partial charge in [-0.3, -0.25) is 4.79 Å². The van der Waals surface area contributed by atoms with Crippen molar-refractivity contribution in [1.82, 2.24) is 19.6 Å². The number of benzene rings is 1. The molecule has 13 heteroatoms. The predicted octanol–water partition coefficient (Wildman–Crippen LogP) is 4.90. The highest BCUT2D eigenvalue weighted by Crippen LogP contribution is 2.36. The Kier molecular flexibility index (Phi) is 9.59. The Morgan fingerprint density at radius 2 is 1.76 bits per heavy atom. The fourth-order valence-corrected chi connectivity index (χ4v) is 7.83. The minimum Gasteiger partial charge on any atom is -0.481 e. The van der Waals surface area contributed by atoms with Crippen LogP contribution in [0.3, 0.4) is 0 Å². The average Bonchev–Trinajstić information content (AvgIpc) is 3.65. The largest absolute Gasteiger partial charge is 0.481 e. The van der Waals surface area contributed by atoms with Crippen LogP contribution in [-0.4, -0.2) is 68.1 Å². The molecule has 2 aromatic heterocycles. The maximum Gasteiger partial charge on any atom is 0.409 e. The SMILES string of the molecule is CCOC(=O)N1CCC(NS(=O)(=O)c2ccc(C(CC3CCCC3)C(=O)Nc3nc4ccc(OC)nc4s3)cc2)CC1. The zero-order valence-electron chi connectivity index (χ0n) is 23.9. The second-order valence-electron chi connectivity index (χ2n) is 10.8. The summed E-state index contributed by atoms with van der Waals surface area (Å²) in [5, 5.41) is 3.44. The van der Waals surface area contributed by atoms with E-state index in [1.165, 1.54) is 11.3 Å². The van der Waals surface area contributed by atoms with Crippen LogP contribution in [0.4, 0.5) is 9.93 Å². The molecule has 0 radical (unpaired) electrons. The number of piperidine rings is 1. The Morgan fingerprint density at radius 3 is 2.43 bits per heavy atom. The topological polar surface area (TPSA) is 140 Å². The highest BCUT2D eigenvalue weighted by Gasteiger charge is 2.30. The second-order valence-corrected chi connectivity index (χ2v) is 13.5. The summed E-state index contributed by atoms with van der Waals surface area (Å²) in [6.45, 7) is 2.92. The van der Waals surface area contributed by atoms with Crippen molar-refractivity contribution in [1.29, 1.82) is 0 Å². The lowest BCUT2D eigenvalue weighted by molar-refractivity contribution is -0.118. The van der Waals surface area contributed by atoms with Crippen molar-refractivity contribution in [2.75, 3.05) is 32.1 Å². The van der Waals surface area contributed by atoms with E-state index in [1.54, 1.807) is 55.3 Å². The molecular weight excluding hydrogens is 578 g/mol. The third-order valence-corrected chi connectivity index (χ3v) is 10.4. The van der Waals surface area contributed by atoms with E-state index in [1.807, 2.05) is 0 Å². The number of carbonyl (C=O) groups excluding carboxylic acids is 2. The van der Waals surface area contributed by atoms with Crippen LogP contribution < -0.4 is 14.8 Å². The van der Waals surface area contributed by atoms with Crippen LogP contribution in [-0.2, 0) is 19.6 Å². The Hall–Kier alpha value is -3.29. The number of methoxy groups -OCH3 is 1. The van der Waals surface area contributed by atoms with Gasteiger partial charge in [0.2, 0.25) is 21.8 Å². The first-order valence-corrected chi connectivity index (χ1v) is 16.7. The first-order valence-electron chi connectivity index (χ1n) is 14.4. The van der Waals surface area contributed by atoms with Gasteiger partial charge in [-0.2, -0.15) is 0 Å². The van der Waals surface area contributed by atoms with Gasteiger partial charge < -0.3 is 19.7 Å². The molecule has 2 amide bonds. The van der Waals surface area contributed by atoms with Gasteiger partial charge in [-0.15, -0.1) is 0 Å². The number of pyridine rings is 1. The summed E-state index contributed by atoms with van der Waals surface area (Å²) in [5.41, 5.74) is 1.44. The molecule has 1 aliphatic carbocycles. The van der Waals surface area contributed by atoms with Crippen LogP contribution in [0.25, 0.3) is 10.3 Å². The Morgan fingerprint density at radius 1 is 1.05 bits per heavy atom. The standard InChI is InChI=1S/C29H37N5O6S2/c1-3-40-29(36)34-16-14-21(15-17-34)33-42(37,38)22-10-8-20(9-11-22)23(18-19-6-4-5-7-19)26(35)32-28-30-24-12-13-25(39-2)31-27(24)41-28/h8-13,19,21,23,33H,3-7,14-18H2,1-2H3,(H,30,32,35). The molecule has 11 nitrogen and oxygen atoms in total. The number of hydrogen-bond donors (Lipinski definition) is 2. The summed E-state index contributed by atoms with van der Waals surface area (Å²) in [5.74, 6) is 0.303. The number of rotatable bonds is 10. The third kappa shape index (κ3) is 7.19. The molecule has 0 spiro atoms. The minimum atomic E-state index is -3.77. The van der Waals surface area contributed by atoms with Crippen LogP contribution in [0, 0.1) is 5.92 Å². The van der Waals surface area contributed by atoms with Gasteiger partial charge >= 0.3 is 6.09 Å². The Labute approximate surface area is 250 Å². The molecule has 2 fully saturated rings. The van der Waals surface area contributed by atoms with Crippen molar-refractivity contribution >= 4 is 48.8 Å². The number of thiazole rings is 1.